The van der Waals surface area contributed by atoms with E-state index in [-0.39, 0.29) is 11.9 Å². The van der Waals surface area contributed by atoms with Crippen LogP contribution in [0.15, 0.2) is 30.6 Å². The van der Waals surface area contributed by atoms with Crippen LogP contribution < -0.4 is 10.6 Å². The average Bonchev–Trinajstić information content (AvgIpc) is 3.42. The first-order valence-corrected chi connectivity index (χ1v) is 8.00. The van der Waals surface area contributed by atoms with E-state index in [1.54, 1.807) is 6.07 Å². The molecule has 2 aromatic rings. The van der Waals surface area contributed by atoms with Crippen LogP contribution in [-0.4, -0.2) is 29.7 Å². The van der Waals surface area contributed by atoms with E-state index < -0.39 is 0 Å². The Labute approximate surface area is 134 Å². The largest absolute Gasteiger partial charge is 0.371 e. The molecule has 4 rings (SSSR count). The zero-order chi connectivity index (χ0) is 15.6. The predicted octanol–water partition coefficient (Wildman–Crippen LogP) is 2.90. The second kappa shape index (κ2) is 6.22. The maximum Gasteiger partial charge on any atom is 0.227 e. The smallest absolute Gasteiger partial charge is 0.227 e. The average molecular weight is 314 g/mol. The SMILES string of the molecule is Fc1cc(Nc2ncc(C3CC3)cn2)ccc1[C@H]1CNCCO1. The van der Waals surface area contributed by atoms with Gasteiger partial charge < -0.3 is 15.4 Å². The van der Waals surface area contributed by atoms with Crippen LogP contribution in [0.2, 0.25) is 0 Å². The van der Waals surface area contributed by atoms with Gasteiger partial charge in [0.25, 0.3) is 0 Å². The summed E-state index contributed by atoms with van der Waals surface area (Å²) in [5.74, 6) is 0.834. The van der Waals surface area contributed by atoms with Gasteiger partial charge >= 0.3 is 0 Å². The third-order valence-corrected chi connectivity index (χ3v) is 4.25. The molecule has 2 N–H and O–H groups in total. The van der Waals surface area contributed by atoms with Gasteiger partial charge in [-0.05, 0) is 36.5 Å². The molecule has 1 saturated heterocycles. The van der Waals surface area contributed by atoms with Gasteiger partial charge in [-0.15, -0.1) is 0 Å². The summed E-state index contributed by atoms with van der Waals surface area (Å²) in [4.78, 5) is 8.60. The molecule has 0 amide bonds. The highest BCUT2D eigenvalue weighted by Crippen LogP contribution is 2.39. The standard InChI is InChI=1S/C17H19FN4O/c18-15-7-13(3-4-14(15)16-10-19-5-6-23-16)22-17-20-8-12(9-21-17)11-1-2-11/h3-4,7-9,11,16,19H,1-2,5-6,10H2,(H,20,21,22)/t16-/m1/s1. The number of rotatable bonds is 4. The van der Waals surface area contributed by atoms with Crippen molar-refractivity contribution in [3.05, 3.63) is 47.5 Å². The lowest BCUT2D eigenvalue weighted by Gasteiger charge is -2.24. The summed E-state index contributed by atoms with van der Waals surface area (Å²) in [5, 5.41) is 6.25. The fourth-order valence-corrected chi connectivity index (χ4v) is 2.79. The highest BCUT2D eigenvalue weighted by molar-refractivity contribution is 5.54. The lowest BCUT2D eigenvalue weighted by atomic mass is 10.1. The molecule has 120 valence electrons. The minimum absolute atomic E-state index is 0.230. The fraction of sp³-hybridized carbons (Fsp3) is 0.412. The molecule has 0 unspecified atom stereocenters. The molecular weight excluding hydrogens is 295 g/mol. The van der Waals surface area contributed by atoms with E-state index in [0.717, 1.165) is 6.54 Å². The van der Waals surface area contributed by atoms with Crippen LogP contribution >= 0.6 is 0 Å². The monoisotopic (exact) mass is 314 g/mol. The van der Waals surface area contributed by atoms with E-state index in [1.807, 2.05) is 18.5 Å². The number of morpholine rings is 1. The Balaban J connectivity index is 1.47. The Bertz CT molecular complexity index is 681. The summed E-state index contributed by atoms with van der Waals surface area (Å²) in [6, 6.07) is 5.05. The van der Waals surface area contributed by atoms with Crippen LogP contribution in [0.25, 0.3) is 0 Å². The first-order chi connectivity index (χ1) is 11.3. The van der Waals surface area contributed by atoms with E-state index in [9.17, 15) is 4.39 Å². The molecule has 1 atom stereocenters. The zero-order valence-corrected chi connectivity index (χ0v) is 12.8. The highest BCUT2D eigenvalue weighted by Gasteiger charge is 2.24. The summed E-state index contributed by atoms with van der Waals surface area (Å²) >= 11 is 0. The van der Waals surface area contributed by atoms with Crippen LogP contribution in [0.1, 0.15) is 36.0 Å². The van der Waals surface area contributed by atoms with Crippen molar-refractivity contribution in [1.29, 1.82) is 0 Å². The van der Waals surface area contributed by atoms with Crippen molar-refractivity contribution in [2.75, 3.05) is 25.0 Å². The fourth-order valence-electron chi connectivity index (χ4n) is 2.79. The minimum Gasteiger partial charge on any atom is -0.371 e. The summed E-state index contributed by atoms with van der Waals surface area (Å²) < 4.78 is 19.9. The molecule has 1 aliphatic carbocycles. The van der Waals surface area contributed by atoms with Gasteiger partial charge in [-0.2, -0.15) is 0 Å². The number of nitrogens with zero attached hydrogens (tertiary/aromatic N) is 2. The number of anilines is 2. The van der Waals surface area contributed by atoms with E-state index in [4.69, 9.17) is 4.74 Å². The molecule has 2 heterocycles. The molecule has 0 bridgehead atoms. The van der Waals surface area contributed by atoms with E-state index in [0.29, 0.717) is 36.3 Å². The first kappa shape index (κ1) is 14.5. The summed E-state index contributed by atoms with van der Waals surface area (Å²) in [6.45, 7) is 2.05. The molecule has 1 aromatic carbocycles. The molecule has 0 radical (unpaired) electrons. The van der Waals surface area contributed by atoms with Crippen molar-refractivity contribution in [2.45, 2.75) is 24.9 Å². The topological polar surface area (TPSA) is 59.1 Å². The third-order valence-electron chi connectivity index (χ3n) is 4.25. The minimum atomic E-state index is -0.279. The molecule has 6 heteroatoms. The number of aromatic nitrogens is 2. The van der Waals surface area contributed by atoms with Gasteiger partial charge in [-0.3, -0.25) is 0 Å². The quantitative estimate of drug-likeness (QED) is 0.909. The Kier molecular flexibility index (Phi) is 3.93. The Hall–Kier alpha value is -2.05. The molecule has 1 aliphatic heterocycles. The Morgan fingerprint density at radius 2 is 2.04 bits per heavy atom. The Morgan fingerprint density at radius 1 is 1.22 bits per heavy atom. The lowest BCUT2D eigenvalue weighted by Crippen LogP contribution is -2.33. The molecule has 1 aromatic heterocycles. The van der Waals surface area contributed by atoms with Gasteiger partial charge in [0.15, 0.2) is 0 Å². The van der Waals surface area contributed by atoms with Gasteiger partial charge in [0.1, 0.15) is 5.82 Å². The van der Waals surface area contributed by atoms with Crippen molar-refractivity contribution >= 4 is 11.6 Å². The van der Waals surface area contributed by atoms with Gasteiger partial charge in [-0.1, -0.05) is 6.07 Å². The zero-order valence-electron chi connectivity index (χ0n) is 12.8. The highest BCUT2D eigenvalue weighted by atomic mass is 19.1. The summed E-state index contributed by atoms with van der Waals surface area (Å²) in [5.41, 5.74) is 2.39. The molecule has 1 saturated carbocycles. The number of hydrogen-bond donors (Lipinski definition) is 2. The Morgan fingerprint density at radius 3 is 2.70 bits per heavy atom. The number of nitrogens with one attached hydrogen (secondary N) is 2. The van der Waals surface area contributed by atoms with Gasteiger partial charge in [-0.25, -0.2) is 14.4 Å². The van der Waals surface area contributed by atoms with E-state index in [2.05, 4.69) is 20.6 Å². The molecule has 5 nitrogen and oxygen atoms in total. The molecule has 23 heavy (non-hydrogen) atoms. The van der Waals surface area contributed by atoms with Crippen molar-refractivity contribution < 1.29 is 9.13 Å². The van der Waals surface area contributed by atoms with Crippen molar-refractivity contribution in [3.8, 4) is 0 Å². The number of halogens is 1. The van der Waals surface area contributed by atoms with Gasteiger partial charge in [0.2, 0.25) is 5.95 Å². The number of ether oxygens (including phenoxy) is 1. The van der Waals surface area contributed by atoms with E-state index >= 15 is 0 Å². The van der Waals surface area contributed by atoms with Crippen molar-refractivity contribution in [2.24, 2.45) is 0 Å². The van der Waals surface area contributed by atoms with Crippen molar-refractivity contribution in [3.63, 3.8) is 0 Å². The maximum atomic E-state index is 14.3. The normalized spacial score (nSPS) is 21.2. The molecule has 0 spiro atoms. The molecular formula is C17H19FN4O. The lowest BCUT2D eigenvalue weighted by molar-refractivity contribution is 0.0255. The summed E-state index contributed by atoms with van der Waals surface area (Å²) in [7, 11) is 0. The maximum absolute atomic E-state index is 14.3. The van der Waals surface area contributed by atoms with Crippen LogP contribution in [0.4, 0.5) is 16.0 Å². The van der Waals surface area contributed by atoms with Gasteiger partial charge in [0.05, 0.1) is 12.7 Å². The van der Waals surface area contributed by atoms with Gasteiger partial charge in [0, 0.05) is 36.7 Å². The second-order valence-electron chi connectivity index (χ2n) is 6.04. The third kappa shape index (κ3) is 3.33. The molecule has 2 aliphatic rings. The van der Waals surface area contributed by atoms with Crippen LogP contribution in [-0.2, 0) is 4.74 Å². The van der Waals surface area contributed by atoms with Crippen molar-refractivity contribution in [1.82, 2.24) is 15.3 Å². The predicted molar refractivity (Wildman–Crippen MR) is 85.3 cm³/mol. The molecule has 2 fully saturated rings. The van der Waals surface area contributed by atoms with E-state index in [1.165, 1.54) is 24.5 Å². The van der Waals surface area contributed by atoms with Crippen LogP contribution in [0, 0.1) is 5.82 Å². The van der Waals surface area contributed by atoms with Crippen LogP contribution in [0.5, 0.6) is 0 Å². The summed E-state index contributed by atoms with van der Waals surface area (Å²) in [6.07, 6.45) is 5.91. The number of benzene rings is 1. The second-order valence-corrected chi connectivity index (χ2v) is 6.04. The number of hydrogen-bond acceptors (Lipinski definition) is 5. The first-order valence-electron chi connectivity index (χ1n) is 8.00. The van der Waals surface area contributed by atoms with Crippen LogP contribution in [0.3, 0.4) is 0 Å².